The molecule has 2 N–H and O–H groups in total. The Balaban J connectivity index is 1.57. The summed E-state index contributed by atoms with van der Waals surface area (Å²) in [6.45, 7) is 4.48. The number of morpholine rings is 1. The van der Waals surface area contributed by atoms with Crippen LogP contribution in [0.5, 0.6) is 0 Å². The van der Waals surface area contributed by atoms with Crippen LogP contribution >= 0.6 is 11.8 Å². The van der Waals surface area contributed by atoms with Crippen molar-refractivity contribution in [2.45, 2.75) is 70.6 Å². The van der Waals surface area contributed by atoms with Crippen molar-refractivity contribution in [1.82, 2.24) is 10.2 Å². The normalized spacial score (nSPS) is 17.4. The van der Waals surface area contributed by atoms with Gasteiger partial charge < -0.3 is 24.8 Å². The van der Waals surface area contributed by atoms with Gasteiger partial charge in [-0.05, 0) is 72.1 Å². The standard InChI is InChI=1S/C33H44N2O6S/c1-23-8-6-7-11-26(23)28-20-25(12-13-27(28)31(36)34-29(33(38)39)14-19-42-2)22-41-30(21-24-9-4-3-5-10-24)32(37)35-15-17-40-18-16-35/h6-8,11-13,20,24,29-30H,3-5,9-10,14-19,21-22H2,1-2H3,(H,34,36)(H,38,39)/t29-,30-/m0/s1. The molecule has 228 valence electrons. The Hall–Kier alpha value is -2.88. The Bertz CT molecular complexity index is 1210. The van der Waals surface area contributed by atoms with Crippen molar-refractivity contribution in [2.24, 2.45) is 5.92 Å². The van der Waals surface area contributed by atoms with E-state index in [4.69, 9.17) is 9.47 Å². The van der Waals surface area contributed by atoms with Crippen molar-refractivity contribution in [3.8, 4) is 11.1 Å². The van der Waals surface area contributed by atoms with E-state index in [1.165, 1.54) is 19.3 Å². The number of carbonyl (C=O) groups excluding carboxylic acids is 2. The molecule has 1 aliphatic carbocycles. The van der Waals surface area contributed by atoms with Gasteiger partial charge in [0.25, 0.3) is 11.8 Å². The van der Waals surface area contributed by atoms with Gasteiger partial charge in [-0.2, -0.15) is 11.8 Å². The molecule has 2 aromatic rings. The zero-order valence-electron chi connectivity index (χ0n) is 24.8. The number of rotatable bonds is 13. The number of ether oxygens (including phenoxy) is 2. The quantitative estimate of drug-likeness (QED) is 0.323. The monoisotopic (exact) mass is 596 g/mol. The highest BCUT2D eigenvalue weighted by molar-refractivity contribution is 7.98. The van der Waals surface area contributed by atoms with Gasteiger partial charge in [-0.3, -0.25) is 9.59 Å². The molecule has 0 spiro atoms. The molecule has 1 saturated carbocycles. The van der Waals surface area contributed by atoms with E-state index < -0.39 is 24.0 Å². The lowest BCUT2D eigenvalue weighted by Gasteiger charge is -2.32. The Kier molecular flexibility index (Phi) is 12.3. The highest BCUT2D eigenvalue weighted by Gasteiger charge is 2.30. The van der Waals surface area contributed by atoms with Crippen LogP contribution in [0.1, 0.15) is 66.4 Å². The van der Waals surface area contributed by atoms with Crippen LogP contribution in [0.4, 0.5) is 0 Å². The average molecular weight is 597 g/mol. The van der Waals surface area contributed by atoms with Crippen molar-refractivity contribution in [2.75, 3.05) is 38.3 Å². The van der Waals surface area contributed by atoms with Gasteiger partial charge in [-0.25, -0.2) is 4.79 Å². The molecule has 9 heteroatoms. The van der Waals surface area contributed by atoms with Crippen molar-refractivity contribution in [3.05, 3.63) is 59.2 Å². The van der Waals surface area contributed by atoms with Crippen molar-refractivity contribution in [1.29, 1.82) is 0 Å². The maximum Gasteiger partial charge on any atom is 0.326 e. The van der Waals surface area contributed by atoms with Gasteiger partial charge in [0, 0.05) is 18.7 Å². The van der Waals surface area contributed by atoms with E-state index in [0.29, 0.717) is 61.9 Å². The molecule has 2 fully saturated rings. The molecule has 8 nitrogen and oxygen atoms in total. The molecule has 2 atom stereocenters. The topological polar surface area (TPSA) is 105 Å². The number of thioether (sulfide) groups is 1. The number of carboxylic acid groups (broad SMARTS) is 1. The minimum atomic E-state index is -1.05. The lowest BCUT2D eigenvalue weighted by Crippen LogP contribution is -2.47. The van der Waals surface area contributed by atoms with Gasteiger partial charge in [0.15, 0.2) is 0 Å². The van der Waals surface area contributed by atoms with Gasteiger partial charge in [0.05, 0.1) is 19.8 Å². The van der Waals surface area contributed by atoms with Crippen LogP contribution in [0.15, 0.2) is 42.5 Å². The molecule has 0 radical (unpaired) electrons. The zero-order valence-corrected chi connectivity index (χ0v) is 25.6. The Morgan fingerprint density at radius 2 is 1.81 bits per heavy atom. The molecule has 42 heavy (non-hydrogen) atoms. The van der Waals surface area contributed by atoms with Crippen molar-refractivity contribution in [3.63, 3.8) is 0 Å². The minimum absolute atomic E-state index is 0.0314. The molecule has 2 aromatic carbocycles. The number of carbonyl (C=O) groups is 3. The number of hydrogen-bond donors (Lipinski definition) is 2. The number of nitrogens with zero attached hydrogens (tertiary/aromatic N) is 1. The van der Waals surface area contributed by atoms with Crippen LogP contribution in [0.25, 0.3) is 11.1 Å². The first-order valence-corrected chi connectivity index (χ1v) is 16.5. The summed E-state index contributed by atoms with van der Waals surface area (Å²) in [5.41, 5.74) is 3.86. The molecule has 1 saturated heterocycles. The summed E-state index contributed by atoms with van der Waals surface area (Å²) in [6, 6.07) is 12.4. The van der Waals surface area contributed by atoms with E-state index in [1.807, 2.05) is 54.5 Å². The van der Waals surface area contributed by atoms with Gasteiger partial charge in [0.1, 0.15) is 12.1 Å². The SMILES string of the molecule is CSCC[C@H](NC(=O)c1ccc(CO[C@@H](CC2CCCCC2)C(=O)N2CCOCC2)cc1-c1ccccc1C)C(=O)O. The van der Waals surface area contributed by atoms with Crippen LogP contribution in [0.2, 0.25) is 0 Å². The number of aliphatic carboxylic acids is 1. The summed E-state index contributed by atoms with van der Waals surface area (Å²) in [5.74, 6) is -0.330. The summed E-state index contributed by atoms with van der Waals surface area (Å²) in [6.07, 6.45) is 8.36. The van der Waals surface area contributed by atoms with E-state index in [0.717, 1.165) is 29.5 Å². The fourth-order valence-corrected chi connectivity index (χ4v) is 6.33. The molecule has 1 heterocycles. The summed E-state index contributed by atoms with van der Waals surface area (Å²) in [4.78, 5) is 40.6. The fraction of sp³-hybridized carbons (Fsp3) is 0.545. The summed E-state index contributed by atoms with van der Waals surface area (Å²) >= 11 is 1.54. The lowest BCUT2D eigenvalue weighted by molar-refractivity contribution is -0.150. The zero-order chi connectivity index (χ0) is 29.9. The van der Waals surface area contributed by atoms with Crippen LogP contribution < -0.4 is 5.32 Å². The summed E-state index contributed by atoms with van der Waals surface area (Å²) in [7, 11) is 0. The van der Waals surface area contributed by atoms with Gasteiger partial charge in [-0.15, -0.1) is 0 Å². The maximum absolute atomic E-state index is 13.5. The summed E-state index contributed by atoms with van der Waals surface area (Å²) in [5, 5.41) is 12.4. The minimum Gasteiger partial charge on any atom is -0.480 e. The van der Waals surface area contributed by atoms with Crippen LogP contribution in [0.3, 0.4) is 0 Å². The number of hydrogen-bond acceptors (Lipinski definition) is 6. The van der Waals surface area contributed by atoms with E-state index in [9.17, 15) is 19.5 Å². The van der Waals surface area contributed by atoms with E-state index >= 15 is 0 Å². The molecule has 4 rings (SSSR count). The second kappa shape index (κ2) is 16.1. The molecule has 2 aliphatic rings. The third kappa shape index (κ3) is 8.82. The van der Waals surface area contributed by atoms with E-state index in [1.54, 1.807) is 17.8 Å². The average Bonchev–Trinajstić information content (AvgIpc) is 3.01. The number of amides is 2. The third-order valence-corrected chi connectivity index (χ3v) is 8.94. The smallest absolute Gasteiger partial charge is 0.326 e. The number of nitrogens with one attached hydrogen (secondary N) is 1. The molecule has 0 bridgehead atoms. The maximum atomic E-state index is 13.5. The first-order valence-electron chi connectivity index (χ1n) is 15.1. The molecule has 0 unspecified atom stereocenters. The largest absolute Gasteiger partial charge is 0.480 e. The molecular formula is C33H44N2O6S. The number of benzene rings is 2. The van der Waals surface area contributed by atoms with Gasteiger partial charge in [0.2, 0.25) is 0 Å². The Morgan fingerprint density at radius 3 is 2.50 bits per heavy atom. The molecule has 0 aromatic heterocycles. The predicted molar refractivity (Wildman–Crippen MR) is 166 cm³/mol. The molecule has 2 amide bonds. The van der Waals surface area contributed by atoms with E-state index in [-0.39, 0.29) is 12.5 Å². The van der Waals surface area contributed by atoms with Crippen LogP contribution in [-0.4, -0.2) is 78.2 Å². The first-order chi connectivity index (χ1) is 20.4. The molecule has 1 aliphatic heterocycles. The van der Waals surface area contributed by atoms with Gasteiger partial charge in [-0.1, -0.05) is 62.4 Å². The second-order valence-electron chi connectivity index (χ2n) is 11.3. The van der Waals surface area contributed by atoms with Crippen LogP contribution in [-0.2, 0) is 25.7 Å². The van der Waals surface area contributed by atoms with Gasteiger partial charge >= 0.3 is 5.97 Å². The highest BCUT2D eigenvalue weighted by atomic mass is 32.2. The van der Waals surface area contributed by atoms with Crippen molar-refractivity contribution >= 4 is 29.5 Å². The second-order valence-corrected chi connectivity index (χ2v) is 12.3. The highest BCUT2D eigenvalue weighted by Crippen LogP contribution is 2.31. The van der Waals surface area contributed by atoms with Crippen molar-refractivity contribution < 1.29 is 29.0 Å². The number of carboxylic acids is 1. The predicted octanol–water partition coefficient (Wildman–Crippen LogP) is 5.31. The van der Waals surface area contributed by atoms with E-state index in [2.05, 4.69) is 5.32 Å². The number of aryl methyl sites for hydroxylation is 1. The third-order valence-electron chi connectivity index (χ3n) is 8.30. The first kappa shape index (κ1) is 32.0. The fourth-order valence-electron chi connectivity index (χ4n) is 5.86. The van der Waals surface area contributed by atoms with Crippen LogP contribution in [0, 0.1) is 12.8 Å². The summed E-state index contributed by atoms with van der Waals surface area (Å²) < 4.78 is 11.9. The Morgan fingerprint density at radius 1 is 1.07 bits per heavy atom. The lowest BCUT2D eigenvalue weighted by atomic mass is 9.85. The Labute approximate surface area is 253 Å². The molecular weight excluding hydrogens is 552 g/mol.